The fourth-order valence-corrected chi connectivity index (χ4v) is 7.58. The minimum atomic E-state index is -0.0839. The van der Waals surface area contributed by atoms with Crippen LogP contribution in [0.5, 0.6) is 51.7 Å². The lowest BCUT2D eigenvalue weighted by atomic mass is 9.86. The summed E-state index contributed by atoms with van der Waals surface area (Å²) in [5.74, 6) is 5.67. The van der Waals surface area contributed by atoms with Crippen molar-refractivity contribution in [3.8, 4) is 51.7 Å². The zero-order chi connectivity index (χ0) is 33.5. The molecule has 48 heavy (non-hydrogen) atoms. The first-order valence-electron chi connectivity index (χ1n) is 16.4. The third kappa shape index (κ3) is 5.54. The standard InChI is InChI=1S/C39H44N2O7/c1-40-16-14-25-21-32(43-4)34-22-28(25)29(40)18-23-8-11-26(12-9-23)47-33-20-24(10-13-31(33)42-3)19-30-35-27(15-17-41(30)2)36(44-5)38(45-6)39(46-7)37(35)48-34/h8-13,20-22,29-30H,14-19H2,1-7H3/t29?,30-/m0/s1. The zero-order valence-electron chi connectivity index (χ0n) is 28.8. The summed E-state index contributed by atoms with van der Waals surface area (Å²) in [6, 6.07) is 18.9. The first-order valence-corrected chi connectivity index (χ1v) is 16.4. The van der Waals surface area contributed by atoms with Crippen LogP contribution in [-0.4, -0.2) is 72.5 Å². The maximum absolute atomic E-state index is 7.07. The second kappa shape index (κ2) is 13.1. The Labute approximate surface area is 282 Å². The van der Waals surface area contributed by atoms with Gasteiger partial charge in [0.2, 0.25) is 11.5 Å². The number of nitrogens with zero attached hydrogens (tertiary/aromatic N) is 2. The number of benzene rings is 4. The smallest absolute Gasteiger partial charge is 0.208 e. The number of hydrogen-bond donors (Lipinski definition) is 0. The Morgan fingerprint density at radius 3 is 1.96 bits per heavy atom. The van der Waals surface area contributed by atoms with Crippen molar-refractivity contribution in [3.05, 3.63) is 88.0 Å². The molecule has 0 fully saturated rings. The van der Waals surface area contributed by atoms with Gasteiger partial charge < -0.3 is 33.2 Å². The quantitative estimate of drug-likeness (QED) is 0.223. The van der Waals surface area contributed by atoms with Crippen molar-refractivity contribution in [3.63, 3.8) is 0 Å². The Morgan fingerprint density at radius 2 is 1.25 bits per heavy atom. The Morgan fingerprint density at radius 1 is 0.604 bits per heavy atom. The number of hydrogen-bond acceptors (Lipinski definition) is 9. The largest absolute Gasteiger partial charge is 0.493 e. The van der Waals surface area contributed by atoms with Crippen molar-refractivity contribution < 1.29 is 33.2 Å². The van der Waals surface area contributed by atoms with Crippen LogP contribution in [0.3, 0.4) is 0 Å². The van der Waals surface area contributed by atoms with E-state index in [9.17, 15) is 0 Å². The van der Waals surface area contributed by atoms with Crippen LogP contribution < -0.4 is 33.2 Å². The molecule has 2 atom stereocenters. The van der Waals surface area contributed by atoms with Gasteiger partial charge in [-0.1, -0.05) is 18.2 Å². The maximum atomic E-state index is 7.07. The zero-order valence-corrected chi connectivity index (χ0v) is 28.8. The van der Waals surface area contributed by atoms with Crippen molar-refractivity contribution in [2.45, 2.75) is 37.8 Å². The fourth-order valence-electron chi connectivity index (χ4n) is 7.58. The molecule has 4 aliphatic heterocycles. The van der Waals surface area contributed by atoms with Gasteiger partial charge in [-0.25, -0.2) is 0 Å². The molecule has 0 spiro atoms. The molecule has 1 unspecified atom stereocenters. The van der Waals surface area contributed by atoms with Gasteiger partial charge in [0.1, 0.15) is 5.75 Å². The summed E-state index contributed by atoms with van der Waals surface area (Å²) in [5, 5.41) is 0. The molecule has 9 nitrogen and oxygen atoms in total. The van der Waals surface area contributed by atoms with Gasteiger partial charge in [0.05, 0.1) is 35.5 Å². The summed E-state index contributed by atoms with van der Waals surface area (Å²) in [6.45, 7) is 1.77. The van der Waals surface area contributed by atoms with Crippen LogP contribution in [0.15, 0.2) is 54.6 Å². The van der Waals surface area contributed by atoms with Crippen LogP contribution in [0.25, 0.3) is 0 Å². The minimum Gasteiger partial charge on any atom is -0.493 e. The normalized spacial score (nSPS) is 18.8. The Bertz CT molecular complexity index is 1820. The van der Waals surface area contributed by atoms with Gasteiger partial charge in [-0.3, -0.25) is 9.80 Å². The van der Waals surface area contributed by atoms with E-state index in [1.807, 2.05) is 18.2 Å². The van der Waals surface area contributed by atoms with Crippen molar-refractivity contribution in [2.24, 2.45) is 0 Å². The lowest BCUT2D eigenvalue weighted by Crippen LogP contribution is -2.34. The van der Waals surface area contributed by atoms with Crippen LogP contribution in [0, 0.1) is 0 Å². The van der Waals surface area contributed by atoms with Crippen molar-refractivity contribution in [1.29, 1.82) is 0 Å². The van der Waals surface area contributed by atoms with Gasteiger partial charge in [-0.05, 0) is 98.4 Å². The fraction of sp³-hybridized carbons (Fsp3) is 0.385. The summed E-state index contributed by atoms with van der Waals surface area (Å²) in [7, 11) is 12.7. The number of rotatable bonds is 5. The molecule has 0 saturated carbocycles. The third-order valence-electron chi connectivity index (χ3n) is 10.2. The van der Waals surface area contributed by atoms with Gasteiger partial charge in [-0.15, -0.1) is 0 Å². The predicted molar refractivity (Wildman–Crippen MR) is 184 cm³/mol. The molecule has 4 aliphatic rings. The molecule has 0 aromatic heterocycles. The second-order valence-corrected chi connectivity index (χ2v) is 12.8. The van der Waals surface area contributed by atoms with Crippen LogP contribution >= 0.6 is 0 Å². The van der Waals surface area contributed by atoms with E-state index in [-0.39, 0.29) is 12.1 Å². The van der Waals surface area contributed by atoms with Crippen LogP contribution in [-0.2, 0) is 25.7 Å². The van der Waals surface area contributed by atoms with Gasteiger partial charge >= 0.3 is 0 Å². The summed E-state index contributed by atoms with van der Waals surface area (Å²) < 4.78 is 43.4. The summed E-state index contributed by atoms with van der Waals surface area (Å²) in [5.41, 5.74) is 6.84. The first kappa shape index (κ1) is 32.0. The molecule has 252 valence electrons. The van der Waals surface area contributed by atoms with Gasteiger partial charge in [-0.2, -0.15) is 0 Å². The Hall–Kier alpha value is -4.60. The van der Waals surface area contributed by atoms with Crippen molar-refractivity contribution >= 4 is 0 Å². The lowest BCUT2D eigenvalue weighted by Gasteiger charge is -2.38. The van der Waals surface area contributed by atoms with E-state index < -0.39 is 0 Å². The third-order valence-corrected chi connectivity index (χ3v) is 10.2. The van der Waals surface area contributed by atoms with E-state index in [1.54, 1.807) is 35.5 Å². The van der Waals surface area contributed by atoms with Gasteiger partial charge in [0, 0.05) is 36.3 Å². The molecular formula is C39H44N2O7. The number of ether oxygens (including phenoxy) is 7. The molecule has 9 heteroatoms. The van der Waals surface area contributed by atoms with Crippen LogP contribution in [0.2, 0.25) is 0 Å². The maximum Gasteiger partial charge on any atom is 0.208 e. The average Bonchev–Trinajstić information content (AvgIpc) is 3.10. The highest BCUT2D eigenvalue weighted by molar-refractivity contribution is 5.70. The molecule has 0 amide bonds. The van der Waals surface area contributed by atoms with E-state index in [0.717, 1.165) is 54.8 Å². The molecule has 0 aliphatic carbocycles. The summed E-state index contributed by atoms with van der Waals surface area (Å²) >= 11 is 0. The molecule has 6 bridgehead atoms. The van der Waals surface area contributed by atoms with Crippen LogP contribution in [0.1, 0.15) is 45.5 Å². The van der Waals surface area contributed by atoms with E-state index in [2.05, 4.69) is 60.3 Å². The predicted octanol–water partition coefficient (Wildman–Crippen LogP) is 7.17. The van der Waals surface area contributed by atoms with E-state index in [4.69, 9.17) is 33.2 Å². The highest BCUT2D eigenvalue weighted by Gasteiger charge is 2.37. The number of likely N-dealkylation sites (N-methyl/N-ethyl adjacent to an activating group) is 2. The van der Waals surface area contributed by atoms with E-state index in [0.29, 0.717) is 52.4 Å². The first-order chi connectivity index (χ1) is 23.4. The highest BCUT2D eigenvalue weighted by Crippen LogP contribution is 2.56. The van der Waals surface area contributed by atoms with E-state index in [1.165, 1.54) is 16.7 Å². The Balaban J connectivity index is 1.50. The molecular weight excluding hydrogens is 608 g/mol. The number of fused-ring (bicyclic) bond motifs is 2. The van der Waals surface area contributed by atoms with Crippen molar-refractivity contribution in [2.75, 3.05) is 62.7 Å². The van der Waals surface area contributed by atoms with Crippen LogP contribution in [0.4, 0.5) is 0 Å². The van der Waals surface area contributed by atoms with E-state index >= 15 is 0 Å². The molecule has 4 aromatic rings. The number of methoxy groups -OCH3 is 5. The average molecular weight is 653 g/mol. The topological polar surface area (TPSA) is 71.1 Å². The SMILES string of the molecule is COc1ccc2cc1Oc1ccc(cc1)CC1c3cc(c(OC)cc3CCN1C)Oc1c(OC)c(OC)c(OC)c3c1[C@H](C2)N(C)CC3. The van der Waals surface area contributed by atoms with Crippen molar-refractivity contribution in [1.82, 2.24) is 9.80 Å². The summed E-state index contributed by atoms with van der Waals surface area (Å²) in [6.07, 6.45) is 3.18. The Kier molecular flexibility index (Phi) is 8.74. The molecule has 0 N–H and O–H groups in total. The summed E-state index contributed by atoms with van der Waals surface area (Å²) in [4.78, 5) is 4.78. The monoisotopic (exact) mass is 652 g/mol. The molecule has 0 saturated heterocycles. The second-order valence-electron chi connectivity index (χ2n) is 12.8. The van der Waals surface area contributed by atoms with Gasteiger partial charge in [0.25, 0.3) is 0 Å². The molecule has 8 rings (SSSR count). The minimum absolute atomic E-state index is 0.0839. The highest BCUT2D eigenvalue weighted by atomic mass is 16.6. The van der Waals surface area contributed by atoms with Gasteiger partial charge in [0.15, 0.2) is 34.5 Å². The lowest BCUT2D eigenvalue weighted by molar-refractivity contribution is 0.216. The molecule has 4 aromatic carbocycles. The molecule has 4 heterocycles. The molecule has 0 radical (unpaired) electrons.